The van der Waals surface area contributed by atoms with Crippen molar-refractivity contribution in [2.45, 2.75) is 13.3 Å². The largest absolute Gasteiger partial charge is 0.293 e. The molecule has 1 amide bonds. The first-order chi connectivity index (χ1) is 9.61. The Bertz CT molecular complexity index is 581. The normalized spacial score (nSPS) is 18.2. The fourth-order valence-corrected chi connectivity index (χ4v) is 3.39. The van der Waals surface area contributed by atoms with Crippen LogP contribution in [0.2, 0.25) is 0 Å². The Labute approximate surface area is 133 Å². The Hall–Kier alpha value is -1.10. The van der Waals surface area contributed by atoms with Gasteiger partial charge in [0.2, 0.25) is 0 Å². The second kappa shape index (κ2) is 7.07. The summed E-state index contributed by atoms with van der Waals surface area (Å²) in [6.45, 7) is 2.67. The van der Waals surface area contributed by atoms with Gasteiger partial charge in [0.05, 0.1) is 4.91 Å². The summed E-state index contributed by atoms with van der Waals surface area (Å²) in [4.78, 5) is 14.4. The smallest absolute Gasteiger partial charge is 0.266 e. The van der Waals surface area contributed by atoms with Crippen LogP contribution < -0.4 is 0 Å². The number of carbonyl (C=O) groups excluding carboxylic acids is 1. The molecule has 0 aromatic heterocycles. The molecule has 1 heterocycles. The van der Waals surface area contributed by atoms with Crippen LogP contribution in [0.25, 0.3) is 6.08 Å². The van der Waals surface area contributed by atoms with Crippen LogP contribution in [0.3, 0.4) is 0 Å². The number of thiocarbonyl (C=S) groups is 1. The van der Waals surface area contributed by atoms with E-state index in [2.05, 4.69) is 0 Å². The van der Waals surface area contributed by atoms with Gasteiger partial charge in [-0.2, -0.15) is 0 Å². The summed E-state index contributed by atoms with van der Waals surface area (Å²) in [5.74, 6) is -0.0542. The summed E-state index contributed by atoms with van der Waals surface area (Å²) in [6.07, 6.45) is 4.39. The standard InChI is InChI=1S/C15H14ClNOS2/c1-2-8-17-14(18)13(20-15(17)19)10-12(16)9-11-6-4-3-5-7-11/h3-7,9-10H,2,8H2,1H3/b12-9-,13-10-. The lowest BCUT2D eigenvalue weighted by Gasteiger charge is -2.11. The van der Waals surface area contributed by atoms with Crippen LogP contribution in [-0.4, -0.2) is 21.7 Å². The van der Waals surface area contributed by atoms with Gasteiger partial charge in [0.1, 0.15) is 4.32 Å². The van der Waals surface area contributed by atoms with Gasteiger partial charge in [-0.1, -0.05) is 72.8 Å². The van der Waals surface area contributed by atoms with E-state index < -0.39 is 0 Å². The van der Waals surface area contributed by atoms with Gasteiger partial charge in [-0.3, -0.25) is 9.69 Å². The molecule has 1 saturated heterocycles. The molecule has 0 atom stereocenters. The molecule has 20 heavy (non-hydrogen) atoms. The van der Waals surface area contributed by atoms with E-state index >= 15 is 0 Å². The summed E-state index contributed by atoms with van der Waals surface area (Å²) in [6, 6.07) is 9.74. The molecular weight excluding hydrogens is 310 g/mol. The summed E-state index contributed by atoms with van der Waals surface area (Å²) < 4.78 is 0.604. The number of nitrogens with zero attached hydrogens (tertiary/aromatic N) is 1. The van der Waals surface area contributed by atoms with Crippen LogP contribution in [0, 0.1) is 0 Å². The number of thioether (sulfide) groups is 1. The summed E-state index contributed by atoms with van der Waals surface area (Å²) in [5.41, 5.74) is 0.998. The predicted octanol–water partition coefficient (Wildman–Crippen LogP) is 4.42. The molecule has 0 spiro atoms. The second-order valence-electron chi connectivity index (χ2n) is 4.27. The zero-order chi connectivity index (χ0) is 14.5. The van der Waals surface area contributed by atoms with Gasteiger partial charge >= 0.3 is 0 Å². The molecule has 1 fully saturated rings. The molecule has 1 aromatic rings. The average molecular weight is 324 g/mol. The van der Waals surface area contributed by atoms with E-state index in [0.717, 1.165) is 12.0 Å². The quantitative estimate of drug-likeness (QED) is 0.604. The SMILES string of the molecule is CCCN1C(=O)/C(=C/C(Cl)=C/c2ccccc2)SC1=S. The van der Waals surface area contributed by atoms with Crippen LogP contribution in [0.15, 0.2) is 46.3 Å². The van der Waals surface area contributed by atoms with Crippen LogP contribution in [0.1, 0.15) is 18.9 Å². The average Bonchev–Trinajstić information content (AvgIpc) is 2.68. The third kappa shape index (κ3) is 3.72. The molecule has 0 saturated carbocycles. The van der Waals surface area contributed by atoms with Crippen molar-refractivity contribution in [1.82, 2.24) is 4.90 Å². The number of benzene rings is 1. The lowest BCUT2D eigenvalue weighted by molar-refractivity contribution is -0.122. The molecule has 104 valence electrons. The van der Waals surface area contributed by atoms with E-state index in [-0.39, 0.29) is 5.91 Å². The molecule has 5 heteroatoms. The molecule has 2 nitrogen and oxygen atoms in total. The van der Waals surface area contributed by atoms with Crippen LogP contribution in [-0.2, 0) is 4.79 Å². The highest BCUT2D eigenvalue weighted by Crippen LogP contribution is 2.32. The maximum absolute atomic E-state index is 12.2. The Kier molecular flexibility index (Phi) is 5.40. The zero-order valence-electron chi connectivity index (χ0n) is 11.0. The Balaban J connectivity index is 2.17. The first-order valence-corrected chi connectivity index (χ1v) is 7.89. The zero-order valence-corrected chi connectivity index (χ0v) is 13.4. The molecule has 0 radical (unpaired) electrons. The Morgan fingerprint density at radius 2 is 2.10 bits per heavy atom. The number of amides is 1. The number of allylic oxidation sites excluding steroid dienone is 2. The van der Waals surface area contributed by atoms with Gasteiger partial charge in [-0.05, 0) is 24.1 Å². The number of rotatable bonds is 4. The molecule has 0 unspecified atom stereocenters. The molecule has 1 aliphatic heterocycles. The summed E-state index contributed by atoms with van der Waals surface area (Å²) in [5, 5.41) is 0.521. The summed E-state index contributed by atoms with van der Waals surface area (Å²) in [7, 11) is 0. The van der Waals surface area contributed by atoms with Gasteiger partial charge in [-0.25, -0.2) is 0 Å². The molecule has 0 aliphatic carbocycles. The van der Waals surface area contributed by atoms with Gasteiger partial charge < -0.3 is 0 Å². The van der Waals surface area contributed by atoms with E-state index in [0.29, 0.717) is 20.8 Å². The number of hydrogen-bond acceptors (Lipinski definition) is 3. The predicted molar refractivity (Wildman–Crippen MR) is 90.5 cm³/mol. The molecule has 2 rings (SSSR count). The fraction of sp³-hybridized carbons (Fsp3) is 0.200. The van der Waals surface area contributed by atoms with Gasteiger partial charge in [0.25, 0.3) is 5.91 Å². The van der Waals surface area contributed by atoms with Gasteiger partial charge in [0, 0.05) is 11.6 Å². The number of halogens is 1. The lowest BCUT2D eigenvalue weighted by atomic mass is 10.2. The Morgan fingerprint density at radius 3 is 2.75 bits per heavy atom. The van der Waals surface area contributed by atoms with Crippen molar-refractivity contribution in [3.05, 3.63) is 51.9 Å². The van der Waals surface area contributed by atoms with Crippen molar-refractivity contribution in [3.63, 3.8) is 0 Å². The maximum atomic E-state index is 12.2. The Morgan fingerprint density at radius 1 is 1.40 bits per heavy atom. The van der Waals surface area contributed by atoms with E-state index in [9.17, 15) is 4.79 Å². The topological polar surface area (TPSA) is 20.3 Å². The van der Waals surface area contributed by atoms with E-state index in [1.54, 1.807) is 11.0 Å². The van der Waals surface area contributed by atoms with Gasteiger partial charge in [-0.15, -0.1) is 0 Å². The summed E-state index contributed by atoms with van der Waals surface area (Å²) >= 11 is 12.7. The minimum atomic E-state index is -0.0542. The van der Waals surface area contributed by atoms with Crippen molar-refractivity contribution in [2.24, 2.45) is 0 Å². The monoisotopic (exact) mass is 323 g/mol. The third-order valence-electron chi connectivity index (χ3n) is 2.69. The first-order valence-electron chi connectivity index (χ1n) is 6.29. The maximum Gasteiger partial charge on any atom is 0.266 e. The minimum absolute atomic E-state index is 0.0542. The van der Waals surface area contributed by atoms with Crippen LogP contribution in [0.5, 0.6) is 0 Å². The van der Waals surface area contributed by atoms with Crippen molar-refractivity contribution in [3.8, 4) is 0 Å². The molecular formula is C15H14ClNOS2. The number of carbonyl (C=O) groups is 1. The molecule has 0 bridgehead atoms. The first kappa shape index (κ1) is 15.3. The number of hydrogen-bond donors (Lipinski definition) is 0. The van der Waals surface area contributed by atoms with Crippen molar-refractivity contribution in [2.75, 3.05) is 6.54 Å². The van der Waals surface area contributed by atoms with E-state index in [1.807, 2.05) is 43.3 Å². The molecule has 1 aliphatic rings. The van der Waals surface area contributed by atoms with Crippen molar-refractivity contribution >= 4 is 51.9 Å². The van der Waals surface area contributed by atoms with Crippen molar-refractivity contribution in [1.29, 1.82) is 0 Å². The highest BCUT2D eigenvalue weighted by Gasteiger charge is 2.31. The van der Waals surface area contributed by atoms with E-state index in [1.165, 1.54) is 11.8 Å². The van der Waals surface area contributed by atoms with Crippen LogP contribution in [0.4, 0.5) is 0 Å². The van der Waals surface area contributed by atoms with Crippen LogP contribution >= 0.6 is 35.6 Å². The lowest BCUT2D eigenvalue weighted by Crippen LogP contribution is -2.28. The third-order valence-corrected chi connectivity index (χ3v) is 4.29. The van der Waals surface area contributed by atoms with E-state index in [4.69, 9.17) is 23.8 Å². The van der Waals surface area contributed by atoms with Gasteiger partial charge in [0.15, 0.2) is 0 Å². The van der Waals surface area contributed by atoms with Crippen molar-refractivity contribution < 1.29 is 4.79 Å². The molecule has 1 aromatic carbocycles. The minimum Gasteiger partial charge on any atom is -0.293 e. The highest BCUT2D eigenvalue weighted by molar-refractivity contribution is 8.26. The highest BCUT2D eigenvalue weighted by atomic mass is 35.5. The second-order valence-corrected chi connectivity index (χ2v) is 6.39. The fourth-order valence-electron chi connectivity index (χ4n) is 1.79. The molecule has 0 N–H and O–H groups in total.